The van der Waals surface area contributed by atoms with E-state index in [1.807, 2.05) is 0 Å². The Kier molecular flexibility index (Phi) is 5.29. The van der Waals surface area contributed by atoms with Crippen molar-refractivity contribution in [3.63, 3.8) is 0 Å². The van der Waals surface area contributed by atoms with Gasteiger partial charge in [-0.2, -0.15) is 0 Å². The summed E-state index contributed by atoms with van der Waals surface area (Å²) >= 11 is 0. The summed E-state index contributed by atoms with van der Waals surface area (Å²) in [6.45, 7) is -0.431. The Morgan fingerprint density at radius 2 is 2.21 bits per heavy atom. The molecule has 0 fully saturated rings. The molecule has 2 rings (SSSR count). The number of hydrogen-bond acceptors (Lipinski definition) is 5. The Labute approximate surface area is 129 Å². The van der Waals surface area contributed by atoms with E-state index in [9.17, 15) is 14.7 Å². The van der Waals surface area contributed by atoms with Gasteiger partial charge in [0.1, 0.15) is 18.4 Å². The van der Waals surface area contributed by atoms with Crippen molar-refractivity contribution in [3.05, 3.63) is 40.2 Å². The average Bonchev–Trinajstić information content (AvgIpc) is 2.32. The Bertz CT molecular complexity index is 692. The molecule has 0 unspecified atom stereocenters. The zero-order chi connectivity index (χ0) is 13.1. The van der Waals surface area contributed by atoms with Crippen LogP contribution in [0.1, 0.15) is 5.56 Å². The summed E-state index contributed by atoms with van der Waals surface area (Å²) in [4.78, 5) is 25.8. The molecule has 7 heteroatoms. The van der Waals surface area contributed by atoms with Crippen molar-refractivity contribution in [1.82, 2.24) is 0 Å². The Morgan fingerprint density at radius 3 is 2.89 bits per heavy atom. The molecule has 0 amide bonds. The van der Waals surface area contributed by atoms with E-state index in [0.717, 1.165) is 6.21 Å². The molecule has 1 N–H and O–H groups in total. The smallest absolute Gasteiger partial charge is 0.872 e. The summed E-state index contributed by atoms with van der Waals surface area (Å²) in [6.07, 6.45) is 2.30. The molecule has 1 aromatic carbocycles. The van der Waals surface area contributed by atoms with Crippen molar-refractivity contribution in [2.24, 2.45) is 4.99 Å². The fraction of sp³-hybridized carbons (Fsp3) is 0.0833. The number of carbonyl (C=O) groups is 1. The first-order chi connectivity index (χ1) is 8.58. The summed E-state index contributed by atoms with van der Waals surface area (Å²) < 4.78 is 5.16. The predicted octanol–water partition coefficient (Wildman–Crippen LogP) is -2.63. The van der Waals surface area contributed by atoms with E-state index in [2.05, 4.69) is 4.99 Å². The molecular weight excluding hydrogens is 261 g/mol. The van der Waals surface area contributed by atoms with Crippen molar-refractivity contribution < 1.29 is 49.0 Å². The molecule has 0 radical (unpaired) electrons. The Hall–Kier alpha value is -1.63. The van der Waals surface area contributed by atoms with Crippen molar-refractivity contribution >= 4 is 23.2 Å². The quantitative estimate of drug-likeness (QED) is 0.485. The molecule has 1 aromatic heterocycles. The normalized spacial score (nSPS) is 10.5. The largest absolute Gasteiger partial charge is 1.00 e. The number of aliphatic imine (C=N–C) groups is 1. The average molecular weight is 269 g/mol. The van der Waals surface area contributed by atoms with Gasteiger partial charge in [-0.15, -0.1) is 5.75 Å². The fourth-order valence-corrected chi connectivity index (χ4v) is 1.44. The molecule has 0 aliphatic rings. The van der Waals surface area contributed by atoms with Crippen LogP contribution in [0.25, 0.3) is 11.0 Å². The second-order valence-corrected chi connectivity index (χ2v) is 3.54. The van der Waals surface area contributed by atoms with Gasteiger partial charge in [0.15, 0.2) is 0 Å². The van der Waals surface area contributed by atoms with E-state index < -0.39 is 17.9 Å². The SMILES string of the molecule is O=C(O)CN=Cc1coc2ccc([O-])cc2c1=O.[Na+]. The molecule has 0 atom stereocenters. The second kappa shape index (κ2) is 6.51. The van der Waals surface area contributed by atoms with Crippen LogP contribution < -0.4 is 40.1 Å². The first-order valence-corrected chi connectivity index (χ1v) is 5.02. The summed E-state index contributed by atoms with van der Waals surface area (Å²) in [5.41, 5.74) is -0.00702. The Balaban J connectivity index is 0.00000180. The number of aliphatic carboxylic acids is 1. The second-order valence-electron chi connectivity index (χ2n) is 3.54. The molecule has 19 heavy (non-hydrogen) atoms. The Morgan fingerprint density at radius 1 is 1.47 bits per heavy atom. The number of rotatable bonds is 3. The van der Waals surface area contributed by atoms with Crippen LogP contribution in [0.4, 0.5) is 0 Å². The van der Waals surface area contributed by atoms with Crippen LogP contribution in [0.5, 0.6) is 5.75 Å². The zero-order valence-corrected chi connectivity index (χ0v) is 12.1. The van der Waals surface area contributed by atoms with Crippen molar-refractivity contribution in [2.75, 3.05) is 6.54 Å². The van der Waals surface area contributed by atoms with Gasteiger partial charge in [0.25, 0.3) is 0 Å². The van der Waals surface area contributed by atoms with Crippen LogP contribution in [0.3, 0.4) is 0 Å². The number of benzene rings is 1. The van der Waals surface area contributed by atoms with Crippen LogP contribution in [0.15, 0.2) is 38.7 Å². The molecule has 6 nitrogen and oxygen atoms in total. The molecule has 2 aromatic rings. The van der Waals surface area contributed by atoms with Crippen LogP contribution in [-0.2, 0) is 4.79 Å². The van der Waals surface area contributed by atoms with Gasteiger partial charge in [-0.1, -0.05) is 12.1 Å². The standard InChI is InChI=1S/C12H9NO5.Na/c14-8-1-2-10-9(3-8)12(17)7(6-18-10)4-13-5-11(15)16;/h1-4,6,14H,5H2,(H,15,16);/q;+1/p-1. The summed E-state index contributed by atoms with van der Waals surface area (Å²) in [7, 11) is 0. The van der Waals surface area contributed by atoms with Gasteiger partial charge >= 0.3 is 35.5 Å². The number of fused-ring (bicyclic) bond motifs is 1. The van der Waals surface area contributed by atoms with Gasteiger partial charge in [0.2, 0.25) is 5.43 Å². The maximum absolute atomic E-state index is 11.9. The maximum atomic E-state index is 11.9. The van der Waals surface area contributed by atoms with Crippen LogP contribution >= 0.6 is 0 Å². The van der Waals surface area contributed by atoms with E-state index in [4.69, 9.17) is 9.52 Å². The van der Waals surface area contributed by atoms with E-state index in [0.29, 0.717) is 5.58 Å². The molecule has 92 valence electrons. The van der Waals surface area contributed by atoms with Crippen LogP contribution in [0.2, 0.25) is 0 Å². The van der Waals surface area contributed by atoms with E-state index in [-0.39, 0.29) is 46.3 Å². The molecule has 0 aliphatic heterocycles. The third-order valence-electron chi connectivity index (χ3n) is 2.23. The van der Waals surface area contributed by atoms with E-state index in [1.165, 1.54) is 24.5 Å². The van der Waals surface area contributed by atoms with Crippen molar-refractivity contribution in [1.29, 1.82) is 0 Å². The minimum absolute atomic E-state index is 0. The zero-order valence-electron chi connectivity index (χ0n) is 10.1. The molecule has 1 heterocycles. The molecule has 0 saturated heterocycles. The fourth-order valence-electron chi connectivity index (χ4n) is 1.44. The maximum Gasteiger partial charge on any atom is 1.00 e. The van der Waals surface area contributed by atoms with E-state index in [1.54, 1.807) is 0 Å². The first kappa shape index (κ1) is 15.4. The van der Waals surface area contributed by atoms with Gasteiger partial charge in [-0.05, 0) is 6.07 Å². The third-order valence-corrected chi connectivity index (χ3v) is 2.23. The molecule has 0 aliphatic carbocycles. The summed E-state index contributed by atoms with van der Waals surface area (Å²) in [6, 6.07) is 3.89. The third kappa shape index (κ3) is 3.66. The molecular formula is C12H8NNaO5. The number of carboxylic acids is 1. The summed E-state index contributed by atoms with van der Waals surface area (Å²) in [5, 5.41) is 19.7. The van der Waals surface area contributed by atoms with Gasteiger partial charge in [0.05, 0.1) is 10.9 Å². The van der Waals surface area contributed by atoms with Gasteiger partial charge in [-0.3, -0.25) is 14.6 Å². The first-order valence-electron chi connectivity index (χ1n) is 5.02. The van der Waals surface area contributed by atoms with Crippen LogP contribution in [0, 0.1) is 0 Å². The van der Waals surface area contributed by atoms with Gasteiger partial charge in [-0.25, -0.2) is 0 Å². The van der Waals surface area contributed by atoms with Gasteiger partial charge in [0, 0.05) is 6.21 Å². The minimum atomic E-state index is -1.10. The number of carboxylic acid groups (broad SMARTS) is 1. The van der Waals surface area contributed by atoms with Crippen molar-refractivity contribution in [3.8, 4) is 5.75 Å². The van der Waals surface area contributed by atoms with Crippen LogP contribution in [-0.4, -0.2) is 23.8 Å². The number of hydrogen-bond donors (Lipinski definition) is 1. The molecule has 0 spiro atoms. The monoisotopic (exact) mass is 269 g/mol. The number of nitrogens with zero attached hydrogens (tertiary/aromatic N) is 1. The summed E-state index contributed by atoms with van der Waals surface area (Å²) in [5.74, 6) is -1.40. The van der Waals surface area contributed by atoms with Gasteiger partial charge < -0.3 is 14.6 Å². The van der Waals surface area contributed by atoms with E-state index >= 15 is 0 Å². The minimum Gasteiger partial charge on any atom is -0.872 e. The topological polar surface area (TPSA) is 103 Å². The molecule has 0 saturated carbocycles. The predicted molar refractivity (Wildman–Crippen MR) is 62.0 cm³/mol. The molecule has 0 bridgehead atoms. The van der Waals surface area contributed by atoms with Crippen molar-refractivity contribution in [2.45, 2.75) is 0 Å².